The molecule has 2 amide bonds. The summed E-state index contributed by atoms with van der Waals surface area (Å²) >= 11 is 0. The number of hydrogen-bond acceptors (Lipinski definition) is 4. The summed E-state index contributed by atoms with van der Waals surface area (Å²) in [5.74, 6) is 0.0183. The van der Waals surface area contributed by atoms with E-state index < -0.39 is 5.60 Å². The highest BCUT2D eigenvalue weighted by Crippen LogP contribution is 2.38. The lowest BCUT2D eigenvalue weighted by atomic mass is 10.1. The van der Waals surface area contributed by atoms with Gasteiger partial charge in [0.2, 0.25) is 5.91 Å². The second-order valence-electron chi connectivity index (χ2n) is 4.68. The van der Waals surface area contributed by atoms with Crippen molar-refractivity contribution in [3.05, 3.63) is 12.1 Å². The Morgan fingerprint density at radius 1 is 1.44 bits per heavy atom. The highest BCUT2D eigenvalue weighted by atomic mass is 16.5. The molecule has 0 atom stereocenters. The van der Waals surface area contributed by atoms with Gasteiger partial charge in [-0.05, 0) is 19.9 Å². The summed E-state index contributed by atoms with van der Waals surface area (Å²) in [6.07, 6.45) is 0. The Hall–Kier alpha value is -2.24. The first kappa shape index (κ1) is 12.2. The van der Waals surface area contributed by atoms with Gasteiger partial charge in [0, 0.05) is 13.0 Å². The van der Waals surface area contributed by atoms with Gasteiger partial charge >= 0.3 is 0 Å². The molecular weight excluding hydrogens is 234 g/mol. The molecule has 0 spiro atoms. The fourth-order valence-electron chi connectivity index (χ4n) is 1.67. The Kier molecular flexibility index (Phi) is 2.65. The molecule has 0 saturated carbocycles. The number of amides is 2. The van der Waals surface area contributed by atoms with Gasteiger partial charge in [0.25, 0.3) is 5.91 Å². The summed E-state index contributed by atoms with van der Waals surface area (Å²) in [6.45, 7) is 4.73. The number of carbonyl (C=O) groups excluding carboxylic acids is 2. The number of anilines is 3. The number of fused-ring (bicyclic) bond motifs is 1. The molecular formula is C12H15N3O3. The van der Waals surface area contributed by atoms with Crippen LogP contribution in [0, 0.1) is 0 Å². The van der Waals surface area contributed by atoms with E-state index in [9.17, 15) is 9.59 Å². The number of ether oxygens (including phenoxy) is 1. The largest absolute Gasteiger partial charge is 0.476 e. The topological polar surface area (TPSA) is 93.5 Å². The van der Waals surface area contributed by atoms with Crippen LogP contribution in [0.3, 0.4) is 0 Å². The smallest absolute Gasteiger partial charge is 0.268 e. The van der Waals surface area contributed by atoms with Crippen molar-refractivity contribution in [1.82, 2.24) is 0 Å². The van der Waals surface area contributed by atoms with Crippen molar-refractivity contribution in [1.29, 1.82) is 0 Å². The van der Waals surface area contributed by atoms with E-state index in [-0.39, 0.29) is 11.8 Å². The molecule has 0 radical (unpaired) electrons. The summed E-state index contributed by atoms with van der Waals surface area (Å²) < 4.78 is 5.57. The Morgan fingerprint density at radius 2 is 2.11 bits per heavy atom. The van der Waals surface area contributed by atoms with Gasteiger partial charge in [-0.1, -0.05) is 0 Å². The summed E-state index contributed by atoms with van der Waals surface area (Å²) in [6, 6.07) is 3.17. The third kappa shape index (κ3) is 2.09. The van der Waals surface area contributed by atoms with Gasteiger partial charge in [0.05, 0.1) is 17.1 Å². The molecule has 4 N–H and O–H groups in total. The molecule has 6 heteroatoms. The third-order valence-corrected chi connectivity index (χ3v) is 2.62. The molecule has 6 nitrogen and oxygen atoms in total. The van der Waals surface area contributed by atoms with Crippen LogP contribution in [0.2, 0.25) is 0 Å². The Bertz CT molecular complexity index is 538. The summed E-state index contributed by atoms with van der Waals surface area (Å²) in [7, 11) is 0. The number of rotatable bonds is 1. The van der Waals surface area contributed by atoms with Crippen molar-refractivity contribution in [2.24, 2.45) is 0 Å². The average Bonchev–Trinajstić information content (AvgIpc) is 2.21. The number of nitrogen functional groups attached to an aromatic ring is 1. The van der Waals surface area contributed by atoms with Gasteiger partial charge in [-0.25, -0.2) is 0 Å². The van der Waals surface area contributed by atoms with Crippen LogP contribution in [0.25, 0.3) is 0 Å². The minimum absolute atomic E-state index is 0.231. The highest BCUT2D eigenvalue weighted by Gasteiger charge is 2.35. The van der Waals surface area contributed by atoms with E-state index in [1.165, 1.54) is 6.92 Å². The fourth-order valence-corrected chi connectivity index (χ4v) is 1.67. The van der Waals surface area contributed by atoms with Crippen LogP contribution in [0.4, 0.5) is 17.1 Å². The number of carbonyl (C=O) groups is 2. The Morgan fingerprint density at radius 3 is 2.72 bits per heavy atom. The van der Waals surface area contributed by atoms with Crippen molar-refractivity contribution < 1.29 is 14.3 Å². The van der Waals surface area contributed by atoms with Crippen LogP contribution in [-0.4, -0.2) is 17.4 Å². The van der Waals surface area contributed by atoms with Gasteiger partial charge in [-0.2, -0.15) is 0 Å². The molecule has 0 saturated heterocycles. The maximum Gasteiger partial charge on any atom is 0.268 e. The SMILES string of the molecule is CC(=O)Nc1cc2c(cc1N)OC(C)(C)C(=O)N2. The molecule has 0 aromatic heterocycles. The lowest BCUT2D eigenvalue weighted by Crippen LogP contribution is -2.45. The zero-order chi connectivity index (χ0) is 13.5. The van der Waals surface area contributed by atoms with E-state index >= 15 is 0 Å². The quantitative estimate of drug-likeness (QED) is 0.655. The van der Waals surface area contributed by atoms with Crippen LogP contribution in [-0.2, 0) is 9.59 Å². The van der Waals surface area contributed by atoms with E-state index in [2.05, 4.69) is 10.6 Å². The molecule has 1 aromatic carbocycles. The van der Waals surface area contributed by atoms with Gasteiger partial charge in [-0.15, -0.1) is 0 Å². The number of hydrogen-bond donors (Lipinski definition) is 3. The van der Waals surface area contributed by atoms with E-state index in [4.69, 9.17) is 10.5 Å². The lowest BCUT2D eigenvalue weighted by molar-refractivity contribution is -0.129. The predicted octanol–water partition coefficient (Wildman–Crippen LogP) is 1.34. The summed E-state index contributed by atoms with van der Waals surface area (Å²) in [5.41, 5.74) is 6.20. The van der Waals surface area contributed by atoms with Crippen LogP contribution in [0.15, 0.2) is 12.1 Å². The highest BCUT2D eigenvalue weighted by molar-refractivity contribution is 6.02. The van der Waals surface area contributed by atoms with Gasteiger partial charge in [-0.3, -0.25) is 9.59 Å². The van der Waals surface area contributed by atoms with E-state index in [1.807, 2.05) is 0 Å². The molecule has 2 rings (SSSR count). The molecule has 18 heavy (non-hydrogen) atoms. The molecule has 0 fully saturated rings. The van der Waals surface area contributed by atoms with Crippen molar-refractivity contribution in [3.63, 3.8) is 0 Å². The number of nitrogens with two attached hydrogens (primary N) is 1. The van der Waals surface area contributed by atoms with Crippen molar-refractivity contribution >= 4 is 28.9 Å². The molecule has 0 bridgehead atoms. The van der Waals surface area contributed by atoms with Crippen LogP contribution in [0.1, 0.15) is 20.8 Å². The second-order valence-corrected chi connectivity index (χ2v) is 4.68. The standard InChI is InChI=1S/C12H15N3O3/c1-6(16)14-8-5-9-10(4-7(8)13)18-12(2,3)11(17)15-9/h4-5H,13H2,1-3H3,(H,14,16)(H,15,17). The van der Waals surface area contributed by atoms with Gasteiger partial charge in [0.15, 0.2) is 5.60 Å². The fraction of sp³-hybridized carbons (Fsp3) is 0.333. The average molecular weight is 249 g/mol. The third-order valence-electron chi connectivity index (χ3n) is 2.62. The van der Waals surface area contributed by atoms with Crippen molar-refractivity contribution in [3.8, 4) is 5.75 Å². The minimum atomic E-state index is -0.936. The molecule has 1 aromatic rings. The maximum atomic E-state index is 11.7. The summed E-state index contributed by atoms with van der Waals surface area (Å²) in [5, 5.41) is 5.31. The van der Waals surface area contributed by atoms with Gasteiger partial charge < -0.3 is 21.1 Å². The molecule has 96 valence electrons. The van der Waals surface area contributed by atoms with Crippen LogP contribution < -0.4 is 21.1 Å². The molecule has 1 heterocycles. The minimum Gasteiger partial charge on any atom is -0.476 e. The van der Waals surface area contributed by atoms with E-state index in [0.717, 1.165) is 0 Å². The van der Waals surface area contributed by atoms with E-state index in [1.54, 1.807) is 26.0 Å². The first-order valence-electron chi connectivity index (χ1n) is 5.51. The van der Waals surface area contributed by atoms with Crippen molar-refractivity contribution in [2.45, 2.75) is 26.4 Å². The zero-order valence-corrected chi connectivity index (χ0v) is 10.5. The van der Waals surface area contributed by atoms with Crippen LogP contribution >= 0.6 is 0 Å². The predicted molar refractivity (Wildman–Crippen MR) is 68.5 cm³/mol. The normalized spacial score (nSPS) is 16.3. The molecule has 0 unspecified atom stereocenters. The van der Waals surface area contributed by atoms with Crippen molar-refractivity contribution in [2.75, 3.05) is 16.4 Å². The first-order valence-corrected chi connectivity index (χ1v) is 5.51. The summed E-state index contributed by atoms with van der Waals surface area (Å²) in [4.78, 5) is 22.8. The van der Waals surface area contributed by atoms with Crippen LogP contribution in [0.5, 0.6) is 5.75 Å². The first-order chi connectivity index (χ1) is 8.29. The lowest BCUT2D eigenvalue weighted by Gasteiger charge is -2.32. The number of benzene rings is 1. The molecule has 1 aliphatic heterocycles. The monoisotopic (exact) mass is 249 g/mol. The maximum absolute atomic E-state index is 11.7. The van der Waals surface area contributed by atoms with Gasteiger partial charge in [0.1, 0.15) is 5.75 Å². The Labute approximate surface area is 104 Å². The second kappa shape index (κ2) is 3.90. The number of nitrogens with one attached hydrogen (secondary N) is 2. The van der Waals surface area contributed by atoms with E-state index in [0.29, 0.717) is 22.8 Å². The Balaban J connectivity index is 2.42. The molecule has 1 aliphatic rings. The zero-order valence-electron chi connectivity index (χ0n) is 10.5. The molecule has 0 aliphatic carbocycles.